The number of rotatable bonds is 4. The molecule has 0 saturated heterocycles. The molecular weight excluding hydrogens is 306 g/mol. The maximum absolute atomic E-state index is 12.3. The Labute approximate surface area is 120 Å². The van der Waals surface area contributed by atoms with E-state index in [1.165, 1.54) is 23.6 Å². The Hall–Kier alpha value is -1.31. The van der Waals surface area contributed by atoms with Crippen LogP contribution in [0.2, 0.25) is 5.02 Å². The van der Waals surface area contributed by atoms with Crippen LogP contribution in [0.3, 0.4) is 0 Å². The van der Waals surface area contributed by atoms with Crippen molar-refractivity contribution in [3.63, 3.8) is 0 Å². The van der Waals surface area contributed by atoms with Crippen molar-refractivity contribution in [3.05, 3.63) is 34.3 Å². The lowest BCUT2D eigenvalue weighted by Crippen LogP contribution is -2.14. The standard InChI is InChI=1S/C11H12ClN3O2S2/c1-7-5-8(12)9(13-2)6-10(7)19(16,17)15-11-14-3-4-18-11/h3-6,13H,1-2H3,(H,14,15). The predicted molar refractivity (Wildman–Crippen MR) is 78.7 cm³/mol. The van der Waals surface area contributed by atoms with Crippen molar-refractivity contribution in [2.24, 2.45) is 0 Å². The molecule has 0 aliphatic heterocycles. The summed E-state index contributed by atoms with van der Waals surface area (Å²) in [6.45, 7) is 1.70. The average Bonchev–Trinajstić information content (AvgIpc) is 2.80. The Morgan fingerprint density at radius 1 is 1.37 bits per heavy atom. The number of nitrogens with one attached hydrogen (secondary N) is 2. The van der Waals surface area contributed by atoms with Gasteiger partial charge in [-0.3, -0.25) is 4.72 Å². The van der Waals surface area contributed by atoms with E-state index in [9.17, 15) is 8.42 Å². The van der Waals surface area contributed by atoms with Gasteiger partial charge in [0.1, 0.15) is 0 Å². The van der Waals surface area contributed by atoms with Gasteiger partial charge >= 0.3 is 0 Å². The molecule has 0 fully saturated rings. The summed E-state index contributed by atoms with van der Waals surface area (Å²) in [4.78, 5) is 4.08. The van der Waals surface area contributed by atoms with Crippen LogP contribution in [0, 0.1) is 6.92 Å². The topological polar surface area (TPSA) is 71.1 Å². The van der Waals surface area contributed by atoms with Gasteiger partial charge in [0.05, 0.1) is 15.6 Å². The Morgan fingerprint density at radius 2 is 2.11 bits per heavy atom. The minimum absolute atomic E-state index is 0.177. The van der Waals surface area contributed by atoms with E-state index in [-0.39, 0.29) is 4.90 Å². The summed E-state index contributed by atoms with van der Waals surface area (Å²) in [5, 5.41) is 5.37. The minimum atomic E-state index is -3.66. The summed E-state index contributed by atoms with van der Waals surface area (Å²) in [7, 11) is -1.98. The molecule has 0 amide bonds. The maximum Gasteiger partial charge on any atom is 0.264 e. The lowest BCUT2D eigenvalue weighted by molar-refractivity contribution is 0.600. The highest BCUT2D eigenvalue weighted by molar-refractivity contribution is 7.93. The molecule has 0 unspecified atom stereocenters. The monoisotopic (exact) mass is 317 g/mol. The number of hydrogen-bond acceptors (Lipinski definition) is 5. The summed E-state index contributed by atoms with van der Waals surface area (Å²) >= 11 is 7.23. The zero-order valence-corrected chi connectivity index (χ0v) is 12.7. The molecule has 0 aliphatic rings. The highest BCUT2D eigenvalue weighted by Gasteiger charge is 2.19. The molecular formula is C11H12ClN3O2S2. The van der Waals surface area contributed by atoms with E-state index >= 15 is 0 Å². The lowest BCUT2D eigenvalue weighted by atomic mass is 10.2. The predicted octanol–water partition coefficient (Wildman–Crippen LogP) is 2.95. The largest absolute Gasteiger partial charge is 0.387 e. The van der Waals surface area contributed by atoms with Crippen LogP contribution in [0.25, 0.3) is 0 Å². The van der Waals surface area contributed by atoms with Crippen molar-refractivity contribution in [2.45, 2.75) is 11.8 Å². The molecule has 2 N–H and O–H groups in total. The van der Waals surface area contributed by atoms with Gasteiger partial charge in [-0.1, -0.05) is 11.6 Å². The normalized spacial score (nSPS) is 11.3. The smallest absolute Gasteiger partial charge is 0.264 e. The van der Waals surface area contributed by atoms with Crippen LogP contribution < -0.4 is 10.0 Å². The molecule has 1 heterocycles. The van der Waals surface area contributed by atoms with Crippen molar-refractivity contribution >= 4 is 43.8 Å². The number of nitrogens with zero attached hydrogens (tertiary/aromatic N) is 1. The summed E-state index contributed by atoms with van der Waals surface area (Å²) < 4.78 is 27.0. The number of hydrogen-bond donors (Lipinski definition) is 2. The van der Waals surface area contributed by atoms with E-state index in [2.05, 4.69) is 15.0 Å². The van der Waals surface area contributed by atoms with Gasteiger partial charge in [-0.25, -0.2) is 13.4 Å². The van der Waals surface area contributed by atoms with E-state index in [0.29, 0.717) is 21.4 Å². The zero-order valence-electron chi connectivity index (χ0n) is 10.3. The average molecular weight is 318 g/mol. The SMILES string of the molecule is CNc1cc(S(=O)(=O)Nc2nccs2)c(C)cc1Cl. The second-order valence-electron chi connectivity index (χ2n) is 3.79. The first kappa shape index (κ1) is 14.1. The molecule has 0 aliphatic carbocycles. The fourth-order valence-electron chi connectivity index (χ4n) is 1.58. The highest BCUT2D eigenvalue weighted by Crippen LogP contribution is 2.29. The van der Waals surface area contributed by atoms with Crippen molar-refractivity contribution in [1.82, 2.24) is 4.98 Å². The van der Waals surface area contributed by atoms with Crippen LogP contribution in [-0.4, -0.2) is 20.4 Å². The van der Waals surface area contributed by atoms with Crippen LogP contribution in [0.1, 0.15) is 5.56 Å². The molecule has 0 bridgehead atoms. The second-order valence-corrected chi connectivity index (χ2v) is 6.74. The van der Waals surface area contributed by atoms with Gasteiger partial charge in [0.25, 0.3) is 10.0 Å². The molecule has 102 valence electrons. The first-order valence-corrected chi connectivity index (χ1v) is 8.08. The number of thiazole rings is 1. The molecule has 0 saturated carbocycles. The van der Waals surface area contributed by atoms with Gasteiger partial charge in [0.15, 0.2) is 5.13 Å². The number of sulfonamides is 1. The lowest BCUT2D eigenvalue weighted by Gasteiger charge is -2.11. The summed E-state index contributed by atoms with van der Waals surface area (Å²) in [5.74, 6) is 0. The minimum Gasteiger partial charge on any atom is -0.387 e. The van der Waals surface area contributed by atoms with Crippen molar-refractivity contribution in [1.29, 1.82) is 0 Å². The molecule has 8 heteroatoms. The van der Waals surface area contributed by atoms with Crippen LogP contribution in [-0.2, 0) is 10.0 Å². The Balaban J connectivity index is 2.45. The number of aryl methyl sites for hydroxylation is 1. The molecule has 1 aromatic heterocycles. The third-order valence-electron chi connectivity index (χ3n) is 2.48. The fraction of sp³-hybridized carbons (Fsp3) is 0.182. The molecule has 0 radical (unpaired) electrons. The number of aromatic nitrogens is 1. The summed E-state index contributed by atoms with van der Waals surface area (Å²) in [6.07, 6.45) is 1.54. The third kappa shape index (κ3) is 2.99. The van der Waals surface area contributed by atoms with Crippen LogP contribution in [0.5, 0.6) is 0 Å². The van der Waals surface area contributed by atoms with Crippen LogP contribution in [0.4, 0.5) is 10.8 Å². The van der Waals surface area contributed by atoms with Crippen LogP contribution in [0.15, 0.2) is 28.6 Å². The Kier molecular flexibility index (Phi) is 3.98. The van der Waals surface area contributed by atoms with E-state index < -0.39 is 10.0 Å². The molecule has 0 atom stereocenters. The van der Waals surface area contributed by atoms with Gasteiger partial charge in [-0.15, -0.1) is 11.3 Å². The van der Waals surface area contributed by atoms with Gasteiger partial charge in [0, 0.05) is 18.6 Å². The summed E-state index contributed by atoms with van der Waals surface area (Å²) in [5.41, 5.74) is 1.14. The van der Waals surface area contributed by atoms with Gasteiger partial charge in [0.2, 0.25) is 0 Å². The van der Waals surface area contributed by atoms with E-state index in [0.717, 1.165) is 0 Å². The summed E-state index contributed by atoms with van der Waals surface area (Å²) in [6, 6.07) is 3.12. The van der Waals surface area contributed by atoms with E-state index in [4.69, 9.17) is 11.6 Å². The van der Waals surface area contributed by atoms with Gasteiger partial charge in [-0.2, -0.15) is 0 Å². The number of benzene rings is 1. The van der Waals surface area contributed by atoms with E-state index in [1.54, 1.807) is 25.4 Å². The molecule has 5 nitrogen and oxygen atoms in total. The van der Waals surface area contributed by atoms with Gasteiger partial charge in [-0.05, 0) is 24.6 Å². The molecule has 1 aromatic carbocycles. The zero-order chi connectivity index (χ0) is 14.0. The number of halogens is 1. The van der Waals surface area contributed by atoms with Crippen molar-refractivity contribution < 1.29 is 8.42 Å². The Bertz CT molecular complexity index is 684. The third-order valence-corrected chi connectivity index (χ3v) is 5.09. The molecule has 2 rings (SSSR count). The van der Waals surface area contributed by atoms with E-state index in [1.807, 2.05) is 0 Å². The van der Waals surface area contributed by atoms with Crippen molar-refractivity contribution in [3.8, 4) is 0 Å². The Morgan fingerprint density at radius 3 is 2.68 bits per heavy atom. The molecule has 19 heavy (non-hydrogen) atoms. The molecule has 2 aromatic rings. The van der Waals surface area contributed by atoms with Crippen molar-refractivity contribution in [2.75, 3.05) is 17.1 Å². The quantitative estimate of drug-likeness (QED) is 0.909. The first-order valence-electron chi connectivity index (χ1n) is 5.34. The molecule has 0 spiro atoms. The first-order chi connectivity index (χ1) is 8.94. The highest BCUT2D eigenvalue weighted by atomic mass is 35.5. The number of anilines is 2. The second kappa shape index (κ2) is 5.36. The fourth-order valence-corrected chi connectivity index (χ4v) is 3.93. The van der Waals surface area contributed by atoms with Gasteiger partial charge < -0.3 is 5.32 Å². The maximum atomic E-state index is 12.3. The van der Waals surface area contributed by atoms with Crippen LogP contribution >= 0.6 is 22.9 Å².